The molecule has 8 heteroatoms. The van der Waals surface area contributed by atoms with Crippen LogP contribution in [0.5, 0.6) is 0 Å². The van der Waals surface area contributed by atoms with Crippen LogP contribution in [0.2, 0.25) is 0 Å². The van der Waals surface area contributed by atoms with Gasteiger partial charge in [-0.1, -0.05) is 48.0 Å². The van der Waals surface area contributed by atoms with Crippen LogP contribution in [0.25, 0.3) is 21.3 Å². The predicted molar refractivity (Wildman–Crippen MR) is 134 cm³/mol. The van der Waals surface area contributed by atoms with Crippen LogP contribution in [-0.2, 0) is 10.0 Å². The first-order valence-electron chi connectivity index (χ1n) is 11.0. The highest BCUT2D eigenvalue weighted by molar-refractivity contribution is 7.89. The summed E-state index contributed by atoms with van der Waals surface area (Å²) >= 11 is 1.62. The van der Waals surface area contributed by atoms with Gasteiger partial charge in [0, 0.05) is 37.1 Å². The molecule has 0 N–H and O–H groups in total. The van der Waals surface area contributed by atoms with E-state index < -0.39 is 10.0 Å². The molecule has 1 aliphatic heterocycles. The summed E-state index contributed by atoms with van der Waals surface area (Å²) in [6.45, 7) is 7.75. The number of piperazine rings is 1. The van der Waals surface area contributed by atoms with E-state index in [2.05, 4.69) is 27.4 Å². The number of rotatable bonds is 4. The van der Waals surface area contributed by atoms with Crippen molar-refractivity contribution >= 4 is 37.4 Å². The maximum Gasteiger partial charge on any atom is 0.243 e. The van der Waals surface area contributed by atoms with E-state index in [1.165, 1.54) is 0 Å². The van der Waals surface area contributed by atoms with E-state index in [-0.39, 0.29) is 0 Å². The van der Waals surface area contributed by atoms with Crippen molar-refractivity contribution in [2.24, 2.45) is 0 Å². The van der Waals surface area contributed by atoms with Gasteiger partial charge in [-0.15, -0.1) is 11.3 Å². The molecule has 0 radical (unpaired) electrons. The van der Waals surface area contributed by atoms with Gasteiger partial charge in [-0.2, -0.15) is 4.31 Å². The number of nitrogens with zero attached hydrogens (tertiary/aromatic N) is 4. The molecule has 5 rings (SSSR count). The number of sulfonamides is 1. The lowest BCUT2D eigenvalue weighted by Crippen LogP contribution is -2.49. The third kappa shape index (κ3) is 4.03. The molecule has 33 heavy (non-hydrogen) atoms. The van der Waals surface area contributed by atoms with Crippen LogP contribution < -0.4 is 4.90 Å². The second-order valence-electron chi connectivity index (χ2n) is 8.45. The largest absolute Gasteiger partial charge is 0.353 e. The minimum absolute atomic E-state index is 0.394. The van der Waals surface area contributed by atoms with Crippen molar-refractivity contribution in [1.82, 2.24) is 14.3 Å². The number of fused-ring (bicyclic) bond motifs is 1. The maximum absolute atomic E-state index is 13.3. The molecule has 1 fully saturated rings. The quantitative estimate of drug-likeness (QED) is 0.422. The third-order valence-electron chi connectivity index (χ3n) is 6.10. The van der Waals surface area contributed by atoms with Crippen molar-refractivity contribution in [3.63, 3.8) is 0 Å². The number of hydrogen-bond acceptors (Lipinski definition) is 6. The third-order valence-corrected chi connectivity index (χ3v) is 9.03. The average Bonchev–Trinajstić information content (AvgIpc) is 3.23. The van der Waals surface area contributed by atoms with Gasteiger partial charge in [0.2, 0.25) is 10.0 Å². The topological polar surface area (TPSA) is 66.4 Å². The Labute approximate surface area is 198 Å². The van der Waals surface area contributed by atoms with Gasteiger partial charge in [0.05, 0.1) is 10.3 Å². The minimum atomic E-state index is -3.53. The van der Waals surface area contributed by atoms with Crippen molar-refractivity contribution in [3.8, 4) is 11.1 Å². The van der Waals surface area contributed by atoms with Gasteiger partial charge in [0.1, 0.15) is 16.5 Å². The van der Waals surface area contributed by atoms with Crippen LogP contribution in [0, 0.1) is 20.8 Å². The van der Waals surface area contributed by atoms with Crippen molar-refractivity contribution < 1.29 is 8.42 Å². The fourth-order valence-electron chi connectivity index (χ4n) is 4.45. The zero-order chi connectivity index (χ0) is 23.2. The van der Waals surface area contributed by atoms with Crippen LogP contribution in [0.15, 0.2) is 58.8 Å². The first-order chi connectivity index (χ1) is 15.8. The summed E-state index contributed by atoms with van der Waals surface area (Å²) in [4.78, 5) is 13.0. The Hall–Kier alpha value is -2.81. The average molecular weight is 479 g/mol. The van der Waals surface area contributed by atoms with E-state index in [0.717, 1.165) is 44.1 Å². The number of hydrogen-bond donors (Lipinski definition) is 0. The first kappa shape index (κ1) is 22.0. The molecule has 2 aromatic carbocycles. The molecule has 0 saturated carbocycles. The second-order valence-corrected chi connectivity index (χ2v) is 11.2. The Balaban J connectivity index is 1.46. The van der Waals surface area contributed by atoms with Crippen LogP contribution in [0.3, 0.4) is 0 Å². The summed E-state index contributed by atoms with van der Waals surface area (Å²) < 4.78 is 28.2. The lowest BCUT2D eigenvalue weighted by Gasteiger charge is -2.35. The van der Waals surface area contributed by atoms with Crippen LogP contribution in [0.1, 0.15) is 17.0 Å². The smallest absolute Gasteiger partial charge is 0.243 e. The summed E-state index contributed by atoms with van der Waals surface area (Å²) in [5.74, 6) is 1.62. The predicted octanol–water partition coefficient (Wildman–Crippen LogP) is 4.79. The molecule has 6 nitrogen and oxygen atoms in total. The van der Waals surface area contributed by atoms with Crippen LogP contribution in [-0.4, -0.2) is 48.9 Å². The molecule has 4 aromatic rings. The molecule has 170 valence electrons. The van der Waals surface area contributed by atoms with Gasteiger partial charge in [0.25, 0.3) is 0 Å². The summed E-state index contributed by atoms with van der Waals surface area (Å²) in [5, 5.41) is 3.18. The van der Waals surface area contributed by atoms with Crippen molar-refractivity contribution in [2.75, 3.05) is 31.1 Å². The molecule has 1 saturated heterocycles. The van der Waals surface area contributed by atoms with Crippen LogP contribution >= 0.6 is 11.3 Å². The van der Waals surface area contributed by atoms with Crippen molar-refractivity contribution in [3.05, 3.63) is 70.9 Å². The van der Waals surface area contributed by atoms with Gasteiger partial charge in [-0.05, 0) is 38.0 Å². The molecule has 1 aliphatic rings. The Bertz CT molecular complexity index is 1420. The summed E-state index contributed by atoms with van der Waals surface area (Å²) in [6.07, 6.45) is 0. The number of anilines is 1. The zero-order valence-corrected chi connectivity index (χ0v) is 20.6. The molecule has 0 atom stereocenters. The molecular weight excluding hydrogens is 452 g/mol. The molecular formula is C25H26N4O2S2. The first-order valence-corrected chi connectivity index (χ1v) is 13.3. The molecule has 0 bridgehead atoms. The van der Waals surface area contributed by atoms with Gasteiger partial charge in [-0.25, -0.2) is 18.4 Å². The molecule has 0 amide bonds. The SMILES string of the molecule is Cc1ccc(S(=O)(=O)N2CCN(c3nc(C)nc4scc(-c5ccccc5)c34)CC2)c(C)c1. The highest BCUT2D eigenvalue weighted by Gasteiger charge is 2.31. The molecule has 0 spiro atoms. The Kier molecular flexibility index (Phi) is 5.68. The van der Waals surface area contributed by atoms with E-state index in [9.17, 15) is 8.42 Å². The lowest BCUT2D eigenvalue weighted by molar-refractivity contribution is 0.384. The van der Waals surface area contributed by atoms with Gasteiger partial charge < -0.3 is 4.90 Å². The molecule has 3 heterocycles. The van der Waals surface area contributed by atoms with E-state index >= 15 is 0 Å². The minimum Gasteiger partial charge on any atom is -0.353 e. The Morgan fingerprint density at radius 2 is 1.64 bits per heavy atom. The van der Waals surface area contributed by atoms with E-state index in [0.29, 0.717) is 31.1 Å². The summed E-state index contributed by atoms with van der Waals surface area (Å²) in [6, 6.07) is 15.8. The second kappa shape index (κ2) is 8.52. The van der Waals surface area contributed by atoms with E-state index in [4.69, 9.17) is 4.98 Å². The normalized spacial score (nSPS) is 15.3. The standard InChI is InChI=1S/C25H26N4O2S2/c1-17-9-10-22(18(2)15-17)33(30,31)29-13-11-28(12-14-29)24-23-21(20-7-5-4-6-8-20)16-32-25(23)27-19(3)26-24/h4-10,15-16H,11-14H2,1-3H3. The van der Waals surface area contributed by atoms with Gasteiger partial charge in [-0.3, -0.25) is 0 Å². The van der Waals surface area contributed by atoms with E-state index in [1.807, 2.05) is 51.1 Å². The molecule has 0 aliphatic carbocycles. The van der Waals surface area contributed by atoms with Crippen molar-refractivity contribution in [1.29, 1.82) is 0 Å². The van der Waals surface area contributed by atoms with Crippen LogP contribution in [0.4, 0.5) is 5.82 Å². The van der Waals surface area contributed by atoms with Gasteiger partial charge in [0.15, 0.2) is 0 Å². The fourth-order valence-corrected chi connectivity index (χ4v) is 7.07. The summed E-state index contributed by atoms with van der Waals surface area (Å²) in [7, 11) is -3.53. The van der Waals surface area contributed by atoms with E-state index in [1.54, 1.807) is 21.7 Å². The monoisotopic (exact) mass is 478 g/mol. The molecule has 2 aromatic heterocycles. The Morgan fingerprint density at radius 1 is 0.909 bits per heavy atom. The number of benzene rings is 2. The molecule has 0 unspecified atom stereocenters. The zero-order valence-electron chi connectivity index (χ0n) is 18.9. The Morgan fingerprint density at radius 3 is 2.33 bits per heavy atom. The highest BCUT2D eigenvalue weighted by atomic mass is 32.2. The van der Waals surface area contributed by atoms with Crippen molar-refractivity contribution in [2.45, 2.75) is 25.7 Å². The number of aryl methyl sites for hydroxylation is 3. The maximum atomic E-state index is 13.3. The number of aromatic nitrogens is 2. The highest BCUT2D eigenvalue weighted by Crippen LogP contribution is 2.38. The summed E-state index contributed by atoms with van der Waals surface area (Å²) in [5.41, 5.74) is 4.10. The number of thiophene rings is 1. The fraction of sp³-hybridized carbons (Fsp3) is 0.280. The lowest BCUT2D eigenvalue weighted by atomic mass is 10.1. The van der Waals surface area contributed by atoms with Gasteiger partial charge >= 0.3 is 0 Å².